The Morgan fingerprint density at radius 1 is 1.26 bits per heavy atom. The van der Waals surface area contributed by atoms with Crippen molar-refractivity contribution in [1.82, 2.24) is 14.6 Å². The SMILES string of the molecule is Cc1cncc2cccc(S(=O)(=O)N3CCNC(C)C3)c12.Cl.Cl. The highest BCUT2D eigenvalue weighted by Crippen LogP contribution is 2.28. The molecule has 5 nitrogen and oxygen atoms in total. The zero-order valence-corrected chi connectivity index (χ0v) is 15.5. The molecule has 0 saturated carbocycles. The molecule has 1 atom stereocenters. The summed E-state index contributed by atoms with van der Waals surface area (Å²) in [6, 6.07) is 5.54. The Bertz CT molecular complexity index is 778. The van der Waals surface area contributed by atoms with E-state index in [1.54, 1.807) is 28.8 Å². The van der Waals surface area contributed by atoms with Gasteiger partial charge in [0.1, 0.15) is 0 Å². The van der Waals surface area contributed by atoms with Gasteiger partial charge in [-0.05, 0) is 25.5 Å². The molecule has 0 amide bonds. The fourth-order valence-corrected chi connectivity index (χ4v) is 4.66. The van der Waals surface area contributed by atoms with Gasteiger partial charge in [-0.25, -0.2) is 8.42 Å². The van der Waals surface area contributed by atoms with Crippen molar-refractivity contribution in [3.8, 4) is 0 Å². The largest absolute Gasteiger partial charge is 0.312 e. The molecule has 0 bridgehead atoms. The van der Waals surface area contributed by atoms with E-state index in [4.69, 9.17) is 0 Å². The van der Waals surface area contributed by atoms with E-state index >= 15 is 0 Å². The second-order valence-electron chi connectivity index (χ2n) is 5.53. The molecule has 23 heavy (non-hydrogen) atoms. The second-order valence-corrected chi connectivity index (χ2v) is 7.44. The Balaban J connectivity index is 0.00000132. The average molecular weight is 378 g/mol. The lowest BCUT2D eigenvalue weighted by Crippen LogP contribution is -2.51. The number of sulfonamides is 1. The van der Waals surface area contributed by atoms with Crippen molar-refractivity contribution in [3.05, 3.63) is 36.2 Å². The van der Waals surface area contributed by atoms with Crippen LogP contribution in [0.5, 0.6) is 0 Å². The number of fused-ring (bicyclic) bond motifs is 1. The van der Waals surface area contributed by atoms with Gasteiger partial charge in [0.15, 0.2) is 0 Å². The van der Waals surface area contributed by atoms with Crippen LogP contribution in [0.4, 0.5) is 0 Å². The van der Waals surface area contributed by atoms with Crippen LogP contribution in [0, 0.1) is 6.92 Å². The summed E-state index contributed by atoms with van der Waals surface area (Å²) >= 11 is 0. The maximum absolute atomic E-state index is 13.0. The van der Waals surface area contributed by atoms with Crippen molar-refractivity contribution >= 4 is 45.6 Å². The van der Waals surface area contributed by atoms with Gasteiger partial charge >= 0.3 is 0 Å². The normalized spacial score (nSPS) is 19.0. The molecular weight excluding hydrogens is 357 g/mol. The van der Waals surface area contributed by atoms with Crippen LogP contribution in [-0.2, 0) is 10.0 Å². The summed E-state index contributed by atoms with van der Waals surface area (Å²) in [7, 11) is -3.48. The Morgan fingerprint density at radius 3 is 2.70 bits per heavy atom. The molecule has 1 saturated heterocycles. The van der Waals surface area contributed by atoms with E-state index in [2.05, 4.69) is 10.3 Å². The van der Waals surface area contributed by atoms with E-state index in [1.165, 1.54) is 0 Å². The highest BCUT2D eigenvalue weighted by molar-refractivity contribution is 7.89. The number of hydrogen-bond acceptors (Lipinski definition) is 4. The monoisotopic (exact) mass is 377 g/mol. The summed E-state index contributed by atoms with van der Waals surface area (Å²) in [6.45, 7) is 5.59. The Morgan fingerprint density at radius 2 is 2.00 bits per heavy atom. The van der Waals surface area contributed by atoms with Gasteiger partial charge in [-0.1, -0.05) is 12.1 Å². The highest BCUT2D eigenvalue weighted by Gasteiger charge is 2.30. The summed E-state index contributed by atoms with van der Waals surface area (Å²) in [6.07, 6.45) is 3.42. The zero-order valence-electron chi connectivity index (χ0n) is 13.0. The number of piperazine rings is 1. The Kier molecular flexibility index (Phi) is 6.80. The predicted octanol–water partition coefficient (Wildman–Crippen LogP) is 2.37. The van der Waals surface area contributed by atoms with Gasteiger partial charge in [0.2, 0.25) is 10.0 Å². The Hall–Kier alpha value is -0.920. The molecule has 2 aromatic rings. The highest BCUT2D eigenvalue weighted by atomic mass is 35.5. The van der Waals surface area contributed by atoms with E-state index in [0.717, 1.165) is 16.3 Å². The van der Waals surface area contributed by atoms with Crippen LogP contribution in [0.15, 0.2) is 35.5 Å². The lowest BCUT2D eigenvalue weighted by atomic mass is 10.1. The minimum atomic E-state index is -3.48. The summed E-state index contributed by atoms with van der Waals surface area (Å²) in [5.41, 5.74) is 0.884. The maximum Gasteiger partial charge on any atom is 0.243 e. The smallest absolute Gasteiger partial charge is 0.243 e. The first-order chi connectivity index (χ1) is 10.00. The molecule has 8 heteroatoms. The number of nitrogens with one attached hydrogen (secondary N) is 1. The van der Waals surface area contributed by atoms with E-state index < -0.39 is 10.0 Å². The molecule has 2 heterocycles. The van der Waals surface area contributed by atoms with E-state index in [9.17, 15) is 8.42 Å². The van der Waals surface area contributed by atoms with Crippen LogP contribution in [-0.4, -0.2) is 43.4 Å². The van der Waals surface area contributed by atoms with Crippen molar-refractivity contribution in [1.29, 1.82) is 0 Å². The molecule has 1 fully saturated rings. The Labute approximate surface area is 149 Å². The van der Waals surface area contributed by atoms with Gasteiger partial charge < -0.3 is 5.32 Å². The molecule has 1 unspecified atom stereocenters. The fourth-order valence-electron chi connectivity index (χ4n) is 2.84. The molecule has 1 aliphatic heterocycles. The van der Waals surface area contributed by atoms with E-state index in [-0.39, 0.29) is 30.9 Å². The van der Waals surface area contributed by atoms with Crippen molar-refractivity contribution in [2.45, 2.75) is 24.8 Å². The molecular formula is C15H21Cl2N3O2S. The maximum atomic E-state index is 13.0. The lowest BCUT2D eigenvalue weighted by molar-refractivity contribution is 0.310. The third kappa shape index (κ3) is 3.78. The zero-order chi connectivity index (χ0) is 15.0. The number of nitrogens with zero attached hydrogens (tertiary/aromatic N) is 2. The van der Waals surface area contributed by atoms with Gasteiger partial charge in [0.25, 0.3) is 0 Å². The molecule has 0 spiro atoms. The van der Waals surface area contributed by atoms with Crippen molar-refractivity contribution in [2.75, 3.05) is 19.6 Å². The first-order valence-electron chi connectivity index (χ1n) is 7.07. The third-order valence-corrected chi connectivity index (χ3v) is 5.79. The number of pyridine rings is 1. The quantitative estimate of drug-likeness (QED) is 0.872. The van der Waals surface area contributed by atoms with E-state index in [0.29, 0.717) is 24.5 Å². The average Bonchev–Trinajstić information content (AvgIpc) is 2.47. The van der Waals surface area contributed by atoms with Crippen LogP contribution in [0.3, 0.4) is 0 Å². The molecule has 128 valence electrons. The molecule has 3 rings (SSSR count). The van der Waals surface area contributed by atoms with E-state index in [1.807, 2.05) is 19.9 Å². The van der Waals surface area contributed by atoms with Gasteiger partial charge in [-0.2, -0.15) is 4.31 Å². The number of benzene rings is 1. The van der Waals surface area contributed by atoms with Gasteiger partial charge in [-0.15, -0.1) is 24.8 Å². The molecule has 1 aliphatic rings. The van der Waals surface area contributed by atoms with Crippen molar-refractivity contribution in [2.24, 2.45) is 0 Å². The third-order valence-electron chi connectivity index (χ3n) is 3.88. The topological polar surface area (TPSA) is 62.3 Å². The summed E-state index contributed by atoms with van der Waals surface area (Å²) in [4.78, 5) is 4.53. The minimum Gasteiger partial charge on any atom is -0.312 e. The number of rotatable bonds is 2. The summed E-state index contributed by atoms with van der Waals surface area (Å²) in [5.74, 6) is 0. The minimum absolute atomic E-state index is 0. The van der Waals surface area contributed by atoms with Crippen molar-refractivity contribution in [3.63, 3.8) is 0 Å². The number of aryl methyl sites for hydroxylation is 1. The standard InChI is InChI=1S/C15H19N3O2S.2ClH/c1-11-8-16-9-13-4-3-5-14(15(11)13)21(19,20)18-7-6-17-12(2)10-18;;/h3-5,8-9,12,17H,6-7,10H2,1-2H3;2*1H. The molecule has 1 aromatic carbocycles. The van der Waals surface area contributed by atoms with Crippen LogP contribution in [0.2, 0.25) is 0 Å². The number of aromatic nitrogens is 1. The second kappa shape index (κ2) is 7.77. The first-order valence-corrected chi connectivity index (χ1v) is 8.51. The predicted molar refractivity (Wildman–Crippen MR) is 97.2 cm³/mol. The van der Waals surface area contributed by atoms with Gasteiger partial charge in [0, 0.05) is 48.8 Å². The number of halogens is 2. The number of hydrogen-bond donors (Lipinski definition) is 1. The summed E-state index contributed by atoms with van der Waals surface area (Å²) in [5, 5.41) is 4.90. The fraction of sp³-hybridized carbons (Fsp3) is 0.400. The lowest BCUT2D eigenvalue weighted by Gasteiger charge is -2.31. The van der Waals surface area contributed by atoms with Crippen LogP contribution in [0.25, 0.3) is 10.8 Å². The van der Waals surface area contributed by atoms with Crippen molar-refractivity contribution < 1.29 is 8.42 Å². The first kappa shape index (κ1) is 20.1. The molecule has 0 aliphatic carbocycles. The molecule has 1 N–H and O–H groups in total. The van der Waals surface area contributed by atoms with Crippen LogP contribution < -0.4 is 5.32 Å². The van der Waals surface area contributed by atoms with Gasteiger partial charge in [0.05, 0.1) is 4.90 Å². The molecule has 1 aromatic heterocycles. The van der Waals surface area contributed by atoms with Gasteiger partial charge in [-0.3, -0.25) is 4.98 Å². The molecule has 0 radical (unpaired) electrons. The van der Waals surface area contributed by atoms with Crippen LogP contribution >= 0.6 is 24.8 Å². The summed E-state index contributed by atoms with van der Waals surface area (Å²) < 4.78 is 27.5. The van der Waals surface area contributed by atoms with Crippen LogP contribution in [0.1, 0.15) is 12.5 Å².